The molecule has 2 heterocycles. The van der Waals surface area contributed by atoms with Crippen molar-refractivity contribution < 1.29 is 14.3 Å². The first-order valence-corrected chi connectivity index (χ1v) is 7.53. The van der Waals surface area contributed by atoms with Crippen molar-refractivity contribution in [1.29, 1.82) is 0 Å². The van der Waals surface area contributed by atoms with Crippen molar-refractivity contribution in [3.63, 3.8) is 0 Å². The number of benzene rings is 1. The van der Waals surface area contributed by atoms with Crippen molar-refractivity contribution in [1.82, 2.24) is 10.3 Å². The summed E-state index contributed by atoms with van der Waals surface area (Å²) >= 11 is 0. The Labute approximate surface area is 134 Å². The lowest BCUT2D eigenvalue weighted by atomic mass is 10.0. The summed E-state index contributed by atoms with van der Waals surface area (Å²) < 4.78 is 5.53. The van der Waals surface area contributed by atoms with Crippen molar-refractivity contribution in [2.24, 2.45) is 0 Å². The molecule has 0 aliphatic carbocycles. The number of nitrogens with one attached hydrogen (secondary N) is 1. The largest absolute Gasteiger partial charge is 0.492 e. The maximum Gasteiger partial charge on any atom is 0.231 e. The number of hydrogen-bond acceptors (Lipinski definition) is 4. The number of amides is 1. The Morgan fingerprint density at radius 2 is 2.04 bits per heavy atom. The molecule has 1 aromatic carbocycles. The van der Waals surface area contributed by atoms with E-state index in [1.807, 2.05) is 24.3 Å². The first kappa shape index (κ1) is 15.2. The molecule has 1 N–H and O–H groups in total. The standard InChI is InChI=1S/C18H18N2O3/c1-11-14(12(2)21)8-7-13(20-11)9-19-18(22)16-10-23-17-6-4-3-5-15(16)17/h3-8,16H,9-10H2,1-2H3,(H,19,22)/t16-/m1/s1. The molecule has 2 aromatic rings. The first-order valence-electron chi connectivity index (χ1n) is 7.53. The number of pyridine rings is 1. The van der Waals surface area contributed by atoms with E-state index >= 15 is 0 Å². The second-order valence-electron chi connectivity index (χ2n) is 5.61. The summed E-state index contributed by atoms with van der Waals surface area (Å²) in [5, 5.41) is 2.89. The molecule has 5 nitrogen and oxygen atoms in total. The van der Waals surface area contributed by atoms with Crippen LogP contribution in [0.2, 0.25) is 0 Å². The van der Waals surface area contributed by atoms with Crippen LogP contribution in [0.1, 0.15) is 40.2 Å². The second-order valence-corrected chi connectivity index (χ2v) is 5.61. The molecule has 0 fully saturated rings. The summed E-state index contributed by atoms with van der Waals surface area (Å²) in [6.07, 6.45) is 0. The molecule has 1 amide bonds. The number of para-hydroxylation sites is 1. The van der Waals surface area contributed by atoms with Gasteiger partial charge in [0, 0.05) is 16.8 Å². The molecule has 0 saturated carbocycles. The van der Waals surface area contributed by atoms with Gasteiger partial charge in [-0.25, -0.2) is 0 Å². The minimum atomic E-state index is -0.288. The zero-order valence-corrected chi connectivity index (χ0v) is 13.1. The van der Waals surface area contributed by atoms with Crippen LogP contribution in [0.5, 0.6) is 5.75 Å². The average Bonchev–Trinajstić information content (AvgIpc) is 2.96. The predicted molar refractivity (Wildman–Crippen MR) is 85.5 cm³/mol. The zero-order valence-electron chi connectivity index (χ0n) is 13.1. The topological polar surface area (TPSA) is 68.3 Å². The number of fused-ring (bicyclic) bond motifs is 1. The third-order valence-corrected chi connectivity index (χ3v) is 3.98. The van der Waals surface area contributed by atoms with Gasteiger partial charge in [0.2, 0.25) is 5.91 Å². The molecular weight excluding hydrogens is 292 g/mol. The number of rotatable bonds is 4. The van der Waals surface area contributed by atoms with Crippen LogP contribution in [0, 0.1) is 6.92 Å². The van der Waals surface area contributed by atoms with Crippen molar-refractivity contribution in [3.8, 4) is 5.75 Å². The van der Waals surface area contributed by atoms with Crippen LogP contribution in [0.15, 0.2) is 36.4 Å². The normalized spacial score (nSPS) is 15.7. The Morgan fingerprint density at radius 1 is 1.26 bits per heavy atom. The van der Waals surface area contributed by atoms with Gasteiger partial charge in [-0.1, -0.05) is 18.2 Å². The Hall–Kier alpha value is -2.69. The molecule has 1 aromatic heterocycles. The minimum absolute atomic E-state index is 0.00898. The second kappa shape index (κ2) is 6.20. The van der Waals surface area contributed by atoms with Crippen LogP contribution in [0.4, 0.5) is 0 Å². The summed E-state index contributed by atoms with van der Waals surface area (Å²) in [4.78, 5) is 28.1. The van der Waals surface area contributed by atoms with E-state index in [-0.39, 0.29) is 17.6 Å². The molecule has 1 aliphatic heterocycles. The van der Waals surface area contributed by atoms with Gasteiger partial charge in [-0.15, -0.1) is 0 Å². The highest BCUT2D eigenvalue weighted by atomic mass is 16.5. The van der Waals surface area contributed by atoms with Crippen LogP contribution in [-0.2, 0) is 11.3 Å². The van der Waals surface area contributed by atoms with Gasteiger partial charge < -0.3 is 10.1 Å². The number of ketones is 1. The van der Waals surface area contributed by atoms with Gasteiger partial charge in [-0.3, -0.25) is 14.6 Å². The third-order valence-electron chi connectivity index (χ3n) is 3.98. The van der Waals surface area contributed by atoms with Gasteiger partial charge in [-0.2, -0.15) is 0 Å². The molecule has 23 heavy (non-hydrogen) atoms. The van der Waals surface area contributed by atoms with E-state index in [0.717, 1.165) is 17.0 Å². The van der Waals surface area contributed by atoms with E-state index in [1.165, 1.54) is 6.92 Å². The number of aryl methyl sites for hydroxylation is 1. The number of aromatic nitrogens is 1. The third kappa shape index (κ3) is 3.08. The number of carbonyl (C=O) groups is 2. The van der Waals surface area contributed by atoms with E-state index in [1.54, 1.807) is 19.1 Å². The first-order chi connectivity index (χ1) is 11.1. The zero-order chi connectivity index (χ0) is 16.4. The van der Waals surface area contributed by atoms with E-state index in [2.05, 4.69) is 10.3 Å². The quantitative estimate of drug-likeness (QED) is 0.880. The Morgan fingerprint density at radius 3 is 2.78 bits per heavy atom. The van der Waals surface area contributed by atoms with E-state index in [4.69, 9.17) is 4.74 Å². The Bertz CT molecular complexity index is 771. The van der Waals surface area contributed by atoms with Crippen molar-refractivity contribution in [3.05, 3.63) is 58.9 Å². The lowest BCUT2D eigenvalue weighted by Crippen LogP contribution is -2.30. The van der Waals surface area contributed by atoms with Crippen molar-refractivity contribution in [2.45, 2.75) is 26.3 Å². The van der Waals surface area contributed by atoms with Gasteiger partial charge >= 0.3 is 0 Å². The fourth-order valence-corrected chi connectivity index (χ4v) is 2.76. The maximum atomic E-state index is 12.4. The van der Waals surface area contributed by atoms with Crippen LogP contribution < -0.4 is 10.1 Å². The van der Waals surface area contributed by atoms with Crippen LogP contribution >= 0.6 is 0 Å². The summed E-state index contributed by atoms with van der Waals surface area (Å²) in [5.41, 5.74) is 2.94. The highest BCUT2D eigenvalue weighted by Gasteiger charge is 2.29. The van der Waals surface area contributed by atoms with Crippen molar-refractivity contribution >= 4 is 11.7 Å². The summed E-state index contributed by atoms with van der Waals surface area (Å²) in [7, 11) is 0. The van der Waals surface area contributed by atoms with Gasteiger partial charge in [0.15, 0.2) is 5.78 Å². The van der Waals surface area contributed by atoms with E-state index < -0.39 is 0 Å². The molecule has 1 atom stereocenters. The molecule has 0 saturated heterocycles. The molecule has 5 heteroatoms. The van der Waals surface area contributed by atoms with Gasteiger partial charge in [0.05, 0.1) is 12.2 Å². The molecule has 3 rings (SSSR count). The molecule has 0 bridgehead atoms. The molecule has 0 unspecified atom stereocenters. The lowest BCUT2D eigenvalue weighted by molar-refractivity contribution is -0.122. The van der Waals surface area contributed by atoms with Gasteiger partial charge in [-0.05, 0) is 32.0 Å². The molecule has 1 aliphatic rings. The van der Waals surface area contributed by atoms with Gasteiger partial charge in [0.25, 0.3) is 0 Å². The fourth-order valence-electron chi connectivity index (χ4n) is 2.76. The van der Waals surface area contributed by atoms with Crippen molar-refractivity contribution in [2.75, 3.05) is 6.61 Å². The van der Waals surface area contributed by atoms with Crippen LogP contribution in [-0.4, -0.2) is 23.3 Å². The summed E-state index contributed by atoms with van der Waals surface area (Å²) in [5.74, 6) is 0.395. The number of hydrogen-bond donors (Lipinski definition) is 1. The molecular formula is C18H18N2O3. The monoisotopic (exact) mass is 310 g/mol. The Balaban J connectivity index is 1.66. The van der Waals surface area contributed by atoms with Crippen LogP contribution in [0.25, 0.3) is 0 Å². The predicted octanol–water partition coefficient (Wildman–Crippen LogP) is 2.39. The van der Waals surface area contributed by atoms with E-state index in [9.17, 15) is 9.59 Å². The Kier molecular flexibility index (Phi) is 4.10. The number of carbonyl (C=O) groups excluding carboxylic acids is 2. The highest BCUT2D eigenvalue weighted by molar-refractivity contribution is 5.95. The SMILES string of the molecule is CC(=O)c1ccc(CNC(=O)[C@@H]2COc3ccccc32)nc1C. The van der Waals surface area contributed by atoms with Gasteiger partial charge in [0.1, 0.15) is 18.3 Å². The number of Topliss-reactive ketones (excluding diaryl/α,β-unsaturated/α-hetero) is 1. The fraction of sp³-hybridized carbons (Fsp3) is 0.278. The smallest absolute Gasteiger partial charge is 0.231 e. The number of ether oxygens (including phenoxy) is 1. The molecule has 118 valence electrons. The maximum absolute atomic E-state index is 12.4. The summed E-state index contributed by atoms with van der Waals surface area (Å²) in [6, 6.07) is 11.1. The van der Waals surface area contributed by atoms with Crippen LogP contribution in [0.3, 0.4) is 0 Å². The number of nitrogens with zero attached hydrogens (tertiary/aromatic N) is 1. The minimum Gasteiger partial charge on any atom is -0.492 e. The molecule has 0 radical (unpaired) electrons. The van der Waals surface area contributed by atoms with E-state index in [0.29, 0.717) is 24.4 Å². The highest BCUT2D eigenvalue weighted by Crippen LogP contribution is 2.33. The summed E-state index contributed by atoms with van der Waals surface area (Å²) in [6.45, 7) is 4.00. The molecule has 0 spiro atoms. The lowest BCUT2D eigenvalue weighted by Gasteiger charge is -2.11. The average molecular weight is 310 g/mol.